The average molecular weight is 249 g/mol. The van der Waals surface area contributed by atoms with Crippen molar-refractivity contribution in [2.75, 3.05) is 18.5 Å². The van der Waals surface area contributed by atoms with E-state index in [1.165, 1.54) is 11.1 Å². The van der Waals surface area contributed by atoms with Gasteiger partial charge >= 0.3 is 0 Å². The second-order valence-electron chi connectivity index (χ2n) is 4.13. The van der Waals surface area contributed by atoms with E-state index in [1.54, 1.807) is 0 Å². The molecule has 4 nitrogen and oxygen atoms in total. The van der Waals surface area contributed by atoms with Crippen molar-refractivity contribution in [3.63, 3.8) is 0 Å². The quantitative estimate of drug-likeness (QED) is 0.410. The fraction of sp³-hybridized carbons (Fsp3) is 0.500. The summed E-state index contributed by atoms with van der Waals surface area (Å²) < 4.78 is 0. The van der Waals surface area contributed by atoms with Crippen LogP contribution in [0, 0.1) is 0 Å². The van der Waals surface area contributed by atoms with Gasteiger partial charge in [0.2, 0.25) is 0 Å². The molecule has 0 saturated heterocycles. The maximum absolute atomic E-state index is 8.70. The van der Waals surface area contributed by atoms with E-state index in [0.29, 0.717) is 18.9 Å². The summed E-state index contributed by atoms with van der Waals surface area (Å²) in [5.74, 6) is 0.416. The topological polar surface area (TPSA) is 70.6 Å². The Morgan fingerprint density at radius 2 is 1.89 bits per heavy atom. The van der Waals surface area contributed by atoms with Crippen LogP contribution in [-0.4, -0.2) is 24.2 Å². The highest BCUT2D eigenvalue weighted by molar-refractivity contribution is 5.93. The molecule has 0 amide bonds. The summed E-state index contributed by atoms with van der Waals surface area (Å²) in [5.41, 5.74) is 9.42. The molecule has 0 unspecified atom stereocenters. The van der Waals surface area contributed by atoms with Crippen LogP contribution in [0.1, 0.15) is 31.4 Å². The zero-order valence-corrected chi connectivity index (χ0v) is 11.2. The average Bonchev–Trinajstić information content (AvgIpc) is 2.39. The molecule has 0 radical (unpaired) electrons. The summed E-state index contributed by atoms with van der Waals surface area (Å²) in [4.78, 5) is 4.18. The maximum Gasteiger partial charge on any atom is 0.193 e. The lowest BCUT2D eigenvalue weighted by molar-refractivity contribution is 0.291. The van der Waals surface area contributed by atoms with Gasteiger partial charge in [0.05, 0.1) is 0 Å². The van der Waals surface area contributed by atoms with Crippen LogP contribution in [0.25, 0.3) is 0 Å². The Labute approximate surface area is 109 Å². The molecule has 0 aromatic heterocycles. The van der Waals surface area contributed by atoms with Crippen molar-refractivity contribution in [2.45, 2.75) is 33.1 Å². The van der Waals surface area contributed by atoms with Gasteiger partial charge in [0.15, 0.2) is 5.96 Å². The van der Waals surface area contributed by atoms with E-state index in [9.17, 15) is 0 Å². The normalized spacial score (nSPS) is 11.6. The lowest BCUT2D eigenvalue weighted by Crippen LogP contribution is -2.24. The summed E-state index contributed by atoms with van der Waals surface area (Å²) in [6, 6.07) is 6.27. The molecule has 0 saturated carbocycles. The Balaban J connectivity index is 2.84. The Morgan fingerprint density at radius 3 is 2.39 bits per heavy atom. The minimum Gasteiger partial charge on any atom is -0.396 e. The number of benzene rings is 1. The van der Waals surface area contributed by atoms with Crippen molar-refractivity contribution in [3.8, 4) is 0 Å². The number of hydrogen-bond donors (Lipinski definition) is 3. The van der Waals surface area contributed by atoms with Gasteiger partial charge in [0.1, 0.15) is 0 Å². The Kier molecular flexibility index (Phi) is 6.22. The molecule has 0 spiro atoms. The predicted octanol–water partition coefficient (Wildman–Crippen LogP) is 1.92. The molecule has 0 fully saturated rings. The number of nitrogens with zero attached hydrogens (tertiary/aromatic N) is 1. The zero-order valence-electron chi connectivity index (χ0n) is 11.2. The van der Waals surface area contributed by atoms with E-state index in [2.05, 4.69) is 42.4 Å². The molecule has 4 heteroatoms. The fourth-order valence-electron chi connectivity index (χ4n) is 1.84. The number of aliphatic hydroxyl groups is 1. The van der Waals surface area contributed by atoms with Gasteiger partial charge in [-0.15, -0.1) is 0 Å². The molecule has 0 atom stereocenters. The van der Waals surface area contributed by atoms with Crippen molar-refractivity contribution < 1.29 is 5.11 Å². The number of aryl methyl sites for hydroxylation is 2. The molecule has 18 heavy (non-hydrogen) atoms. The second-order valence-corrected chi connectivity index (χ2v) is 4.13. The van der Waals surface area contributed by atoms with E-state index in [1.807, 2.05) is 0 Å². The molecule has 0 aliphatic rings. The smallest absolute Gasteiger partial charge is 0.193 e. The number of nitrogens with two attached hydrogens (primary N) is 1. The highest BCUT2D eigenvalue weighted by Gasteiger charge is 2.06. The SMILES string of the molecule is CCc1cccc(CC)c1NC(N)=NCCCO. The molecule has 4 N–H and O–H groups in total. The molecule has 1 rings (SSSR count). The number of guanidine groups is 1. The van der Waals surface area contributed by atoms with Crippen LogP contribution in [0.5, 0.6) is 0 Å². The maximum atomic E-state index is 8.70. The summed E-state index contributed by atoms with van der Waals surface area (Å²) in [6.45, 7) is 4.94. The highest BCUT2D eigenvalue weighted by Crippen LogP contribution is 2.22. The summed E-state index contributed by atoms with van der Waals surface area (Å²) in [6.07, 6.45) is 2.55. The first kappa shape index (κ1) is 14.5. The first-order chi connectivity index (χ1) is 8.72. The second kappa shape index (κ2) is 7.71. The van der Waals surface area contributed by atoms with Gasteiger partial charge in [-0.2, -0.15) is 0 Å². The van der Waals surface area contributed by atoms with Gasteiger partial charge in [-0.05, 0) is 30.4 Å². The summed E-state index contributed by atoms with van der Waals surface area (Å²) in [7, 11) is 0. The number of para-hydroxylation sites is 1. The Morgan fingerprint density at radius 1 is 1.28 bits per heavy atom. The van der Waals surface area contributed by atoms with Crippen LogP contribution in [0.4, 0.5) is 5.69 Å². The Hall–Kier alpha value is -1.55. The fourth-order valence-corrected chi connectivity index (χ4v) is 1.84. The van der Waals surface area contributed by atoms with E-state index in [4.69, 9.17) is 10.8 Å². The minimum atomic E-state index is 0.141. The number of rotatable bonds is 6. The predicted molar refractivity (Wildman–Crippen MR) is 77.0 cm³/mol. The van der Waals surface area contributed by atoms with Crippen LogP contribution < -0.4 is 11.1 Å². The molecule has 100 valence electrons. The molecule has 0 aliphatic heterocycles. The third kappa shape index (κ3) is 4.04. The summed E-state index contributed by atoms with van der Waals surface area (Å²) >= 11 is 0. The van der Waals surface area contributed by atoms with E-state index in [0.717, 1.165) is 18.5 Å². The summed E-state index contributed by atoms with van der Waals surface area (Å²) in [5, 5.41) is 11.9. The van der Waals surface area contributed by atoms with Gasteiger partial charge in [-0.25, -0.2) is 0 Å². The number of hydrogen-bond acceptors (Lipinski definition) is 2. The van der Waals surface area contributed by atoms with Gasteiger partial charge in [0, 0.05) is 18.8 Å². The van der Waals surface area contributed by atoms with Crippen LogP contribution in [-0.2, 0) is 12.8 Å². The van der Waals surface area contributed by atoms with Crippen LogP contribution in [0.3, 0.4) is 0 Å². The number of nitrogens with one attached hydrogen (secondary N) is 1. The molecule has 0 bridgehead atoms. The number of aliphatic hydroxyl groups excluding tert-OH is 1. The molecule has 1 aromatic rings. The first-order valence-electron chi connectivity index (χ1n) is 6.51. The van der Waals surface area contributed by atoms with Crippen molar-refractivity contribution in [1.82, 2.24) is 0 Å². The van der Waals surface area contributed by atoms with Gasteiger partial charge in [-0.3, -0.25) is 4.99 Å². The van der Waals surface area contributed by atoms with Crippen molar-refractivity contribution in [2.24, 2.45) is 10.7 Å². The lowest BCUT2D eigenvalue weighted by Gasteiger charge is -2.14. The molecule has 0 heterocycles. The molecular formula is C14H23N3O. The van der Waals surface area contributed by atoms with Crippen LogP contribution in [0.15, 0.2) is 23.2 Å². The van der Waals surface area contributed by atoms with Crippen molar-refractivity contribution in [1.29, 1.82) is 0 Å². The molecule has 1 aromatic carbocycles. The van der Waals surface area contributed by atoms with Crippen LogP contribution in [0.2, 0.25) is 0 Å². The van der Waals surface area contributed by atoms with Gasteiger partial charge in [0.25, 0.3) is 0 Å². The van der Waals surface area contributed by atoms with Gasteiger partial charge < -0.3 is 16.2 Å². The van der Waals surface area contributed by atoms with Crippen molar-refractivity contribution in [3.05, 3.63) is 29.3 Å². The Bertz CT molecular complexity index is 380. The zero-order chi connectivity index (χ0) is 13.4. The lowest BCUT2D eigenvalue weighted by atomic mass is 10.0. The van der Waals surface area contributed by atoms with E-state index in [-0.39, 0.29) is 6.61 Å². The molecule has 0 aliphatic carbocycles. The number of aliphatic imine (C=N–C) groups is 1. The van der Waals surface area contributed by atoms with Crippen molar-refractivity contribution >= 4 is 11.6 Å². The molecular weight excluding hydrogens is 226 g/mol. The van der Waals surface area contributed by atoms with E-state index >= 15 is 0 Å². The first-order valence-corrected chi connectivity index (χ1v) is 6.51. The highest BCUT2D eigenvalue weighted by atomic mass is 16.3. The largest absolute Gasteiger partial charge is 0.396 e. The number of anilines is 1. The van der Waals surface area contributed by atoms with E-state index < -0.39 is 0 Å². The standard InChI is InChI=1S/C14H23N3O/c1-3-11-7-5-8-12(4-2)13(11)17-14(15)16-9-6-10-18/h5,7-8,18H,3-4,6,9-10H2,1-2H3,(H3,15,16,17). The third-order valence-electron chi connectivity index (χ3n) is 2.85. The monoisotopic (exact) mass is 249 g/mol. The minimum absolute atomic E-state index is 0.141. The van der Waals surface area contributed by atoms with Gasteiger partial charge in [-0.1, -0.05) is 32.0 Å². The third-order valence-corrected chi connectivity index (χ3v) is 2.85. The van der Waals surface area contributed by atoms with Crippen LogP contribution >= 0.6 is 0 Å².